The van der Waals surface area contributed by atoms with Crippen LogP contribution in [0.15, 0.2) is 60.7 Å². The molecule has 7 heteroatoms. The van der Waals surface area contributed by atoms with Crippen molar-refractivity contribution in [2.45, 2.75) is 37.6 Å². The summed E-state index contributed by atoms with van der Waals surface area (Å²) >= 11 is 0. The Morgan fingerprint density at radius 2 is 1.59 bits per heavy atom. The lowest BCUT2D eigenvalue weighted by atomic mass is 9.95. The van der Waals surface area contributed by atoms with Gasteiger partial charge in [-0.1, -0.05) is 60.7 Å². The summed E-state index contributed by atoms with van der Waals surface area (Å²) in [7, 11) is 0. The van der Waals surface area contributed by atoms with Crippen molar-refractivity contribution in [1.82, 2.24) is 15.5 Å². The van der Waals surface area contributed by atoms with Gasteiger partial charge in [-0.2, -0.15) is 0 Å². The lowest BCUT2D eigenvalue weighted by Crippen LogP contribution is -2.47. The summed E-state index contributed by atoms with van der Waals surface area (Å²) in [5.74, 6) is -1.71. The number of hydrogen-bond acceptors (Lipinski definition) is 4. The highest BCUT2D eigenvalue weighted by molar-refractivity contribution is 5.86. The van der Waals surface area contributed by atoms with Gasteiger partial charge in [0.2, 0.25) is 11.8 Å². The normalized spacial score (nSPS) is 15.6. The fourth-order valence-corrected chi connectivity index (χ4v) is 4.03. The number of aliphatic carboxylic acids is 1. The highest BCUT2D eigenvalue weighted by atomic mass is 16.4. The second kappa shape index (κ2) is 12.0. The van der Waals surface area contributed by atoms with Crippen molar-refractivity contribution in [3.63, 3.8) is 0 Å². The van der Waals surface area contributed by atoms with Crippen LogP contribution in [0.3, 0.4) is 0 Å². The molecular weight excluding hydrogens is 406 g/mol. The van der Waals surface area contributed by atoms with Crippen molar-refractivity contribution in [1.29, 1.82) is 0 Å². The Morgan fingerprint density at radius 3 is 2.22 bits per heavy atom. The molecule has 0 bridgehead atoms. The topological polar surface area (TPSA) is 98.7 Å². The number of carbonyl (C=O) groups excluding carboxylic acids is 2. The number of benzene rings is 2. The average Bonchev–Trinajstić information content (AvgIpc) is 2.82. The number of carboxylic acid groups (broad SMARTS) is 1. The molecule has 32 heavy (non-hydrogen) atoms. The molecule has 3 rings (SSSR count). The first-order chi connectivity index (χ1) is 15.5. The zero-order valence-corrected chi connectivity index (χ0v) is 18.2. The van der Waals surface area contributed by atoms with Crippen molar-refractivity contribution in [3.8, 4) is 0 Å². The molecule has 2 aromatic rings. The predicted molar refractivity (Wildman–Crippen MR) is 122 cm³/mol. The SMILES string of the molecule is O=C(O)CNC(=O)C(CN1CCC(NC(=O)CCc2ccccc2)CC1)c1ccccc1. The molecule has 170 valence electrons. The Hall–Kier alpha value is -3.19. The van der Waals surface area contributed by atoms with Crippen molar-refractivity contribution >= 4 is 17.8 Å². The molecule has 0 spiro atoms. The van der Waals surface area contributed by atoms with E-state index in [0.29, 0.717) is 13.0 Å². The summed E-state index contributed by atoms with van der Waals surface area (Å²) in [6, 6.07) is 19.6. The molecule has 1 fully saturated rings. The van der Waals surface area contributed by atoms with Gasteiger partial charge in [0.15, 0.2) is 0 Å². The zero-order chi connectivity index (χ0) is 22.8. The largest absolute Gasteiger partial charge is 0.480 e. The van der Waals surface area contributed by atoms with Crippen LogP contribution in [-0.2, 0) is 20.8 Å². The van der Waals surface area contributed by atoms with Gasteiger partial charge in [0.05, 0.1) is 5.92 Å². The third-order valence-electron chi connectivity index (χ3n) is 5.81. The van der Waals surface area contributed by atoms with E-state index in [0.717, 1.165) is 43.5 Å². The molecule has 3 N–H and O–H groups in total. The van der Waals surface area contributed by atoms with E-state index in [1.807, 2.05) is 60.7 Å². The van der Waals surface area contributed by atoms with Gasteiger partial charge < -0.3 is 20.6 Å². The lowest BCUT2D eigenvalue weighted by Gasteiger charge is -2.34. The Labute approximate surface area is 188 Å². The quantitative estimate of drug-likeness (QED) is 0.529. The molecule has 1 aliphatic rings. The molecule has 1 atom stereocenters. The Kier molecular flexibility index (Phi) is 8.80. The molecule has 1 heterocycles. The van der Waals surface area contributed by atoms with Crippen LogP contribution < -0.4 is 10.6 Å². The standard InChI is InChI=1S/C25H31N3O4/c29-23(12-11-19-7-3-1-4-8-19)27-21-13-15-28(16-14-21)18-22(20-9-5-2-6-10-20)25(32)26-17-24(30)31/h1-10,21-22H,11-18H2,(H,26,32)(H,27,29)(H,30,31). The van der Waals surface area contributed by atoms with E-state index < -0.39 is 11.9 Å². The van der Waals surface area contributed by atoms with Gasteiger partial charge >= 0.3 is 5.97 Å². The number of nitrogens with zero attached hydrogens (tertiary/aromatic N) is 1. The van der Waals surface area contributed by atoms with Gasteiger partial charge in [0.1, 0.15) is 6.54 Å². The summed E-state index contributed by atoms with van der Waals surface area (Å²) in [5.41, 5.74) is 2.03. The summed E-state index contributed by atoms with van der Waals surface area (Å²) < 4.78 is 0. The highest BCUT2D eigenvalue weighted by Gasteiger charge is 2.27. The summed E-state index contributed by atoms with van der Waals surface area (Å²) in [5, 5.41) is 14.5. The number of carboxylic acids is 1. The van der Waals surface area contributed by atoms with Gasteiger partial charge in [-0.05, 0) is 30.4 Å². The lowest BCUT2D eigenvalue weighted by molar-refractivity contribution is -0.138. The van der Waals surface area contributed by atoms with Crippen LogP contribution in [0, 0.1) is 0 Å². The number of piperidine rings is 1. The predicted octanol–water partition coefficient (Wildman–Crippen LogP) is 2.18. The van der Waals surface area contributed by atoms with Crippen LogP contribution in [0.5, 0.6) is 0 Å². The van der Waals surface area contributed by atoms with E-state index in [1.165, 1.54) is 0 Å². The van der Waals surface area contributed by atoms with Crippen molar-refractivity contribution < 1.29 is 19.5 Å². The minimum Gasteiger partial charge on any atom is -0.480 e. The van der Waals surface area contributed by atoms with Gasteiger partial charge in [-0.3, -0.25) is 14.4 Å². The van der Waals surface area contributed by atoms with E-state index >= 15 is 0 Å². The monoisotopic (exact) mass is 437 g/mol. The minimum absolute atomic E-state index is 0.0718. The van der Waals surface area contributed by atoms with Crippen LogP contribution in [0.1, 0.15) is 36.3 Å². The molecule has 0 radical (unpaired) electrons. The molecule has 2 aromatic carbocycles. The second-order valence-corrected chi connectivity index (χ2v) is 8.20. The molecule has 7 nitrogen and oxygen atoms in total. The van der Waals surface area contributed by atoms with E-state index in [9.17, 15) is 14.4 Å². The molecule has 1 aliphatic heterocycles. The number of aryl methyl sites for hydroxylation is 1. The van der Waals surface area contributed by atoms with Crippen molar-refractivity contribution in [2.75, 3.05) is 26.2 Å². The van der Waals surface area contributed by atoms with Gasteiger partial charge in [0, 0.05) is 32.1 Å². The van der Waals surface area contributed by atoms with Crippen LogP contribution >= 0.6 is 0 Å². The maximum Gasteiger partial charge on any atom is 0.322 e. The molecule has 0 saturated carbocycles. The number of amides is 2. The fourth-order valence-electron chi connectivity index (χ4n) is 4.03. The first-order valence-corrected chi connectivity index (χ1v) is 11.1. The minimum atomic E-state index is -1.06. The summed E-state index contributed by atoms with van der Waals surface area (Å²) in [6.07, 6.45) is 2.87. The summed E-state index contributed by atoms with van der Waals surface area (Å²) in [4.78, 5) is 38.0. The molecule has 2 amide bonds. The van der Waals surface area contributed by atoms with Gasteiger partial charge in [0.25, 0.3) is 0 Å². The van der Waals surface area contributed by atoms with Crippen LogP contribution in [0.2, 0.25) is 0 Å². The summed E-state index contributed by atoms with van der Waals surface area (Å²) in [6.45, 7) is 1.68. The molecule has 1 saturated heterocycles. The maximum atomic E-state index is 12.7. The number of rotatable bonds is 10. The first-order valence-electron chi connectivity index (χ1n) is 11.1. The number of carbonyl (C=O) groups is 3. The van der Waals surface area contributed by atoms with Gasteiger partial charge in [-0.15, -0.1) is 0 Å². The number of likely N-dealkylation sites (tertiary alicyclic amines) is 1. The number of nitrogens with one attached hydrogen (secondary N) is 2. The molecule has 0 aliphatic carbocycles. The number of hydrogen-bond donors (Lipinski definition) is 3. The van der Waals surface area contributed by atoms with E-state index in [2.05, 4.69) is 15.5 Å². The zero-order valence-electron chi connectivity index (χ0n) is 18.2. The van der Waals surface area contributed by atoms with Crippen LogP contribution in [0.25, 0.3) is 0 Å². The third-order valence-corrected chi connectivity index (χ3v) is 5.81. The van der Waals surface area contributed by atoms with Gasteiger partial charge in [-0.25, -0.2) is 0 Å². The molecule has 0 aromatic heterocycles. The fraction of sp³-hybridized carbons (Fsp3) is 0.400. The third kappa shape index (κ3) is 7.50. The second-order valence-electron chi connectivity index (χ2n) is 8.20. The van der Waals surface area contributed by atoms with E-state index in [4.69, 9.17) is 5.11 Å². The first kappa shape index (κ1) is 23.5. The van der Waals surface area contributed by atoms with Crippen molar-refractivity contribution in [3.05, 3.63) is 71.8 Å². The maximum absolute atomic E-state index is 12.7. The van der Waals surface area contributed by atoms with Crippen LogP contribution in [0.4, 0.5) is 0 Å². The van der Waals surface area contributed by atoms with Crippen LogP contribution in [-0.4, -0.2) is 60.0 Å². The highest BCUT2D eigenvalue weighted by Crippen LogP contribution is 2.20. The molecular formula is C25H31N3O4. The Bertz CT molecular complexity index is 881. The Balaban J connectivity index is 1.47. The average molecular weight is 438 g/mol. The smallest absolute Gasteiger partial charge is 0.322 e. The molecule has 1 unspecified atom stereocenters. The van der Waals surface area contributed by atoms with E-state index in [1.54, 1.807) is 0 Å². The Morgan fingerprint density at radius 1 is 0.969 bits per heavy atom. The van der Waals surface area contributed by atoms with E-state index in [-0.39, 0.29) is 24.4 Å². The van der Waals surface area contributed by atoms with Crippen molar-refractivity contribution in [2.24, 2.45) is 0 Å².